The Kier molecular flexibility index (Phi) is 9.20. The summed E-state index contributed by atoms with van der Waals surface area (Å²) in [6.07, 6.45) is 0. The number of para-hydroxylation sites is 1. The van der Waals surface area contributed by atoms with Crippen molar-refractivity contribution < 1.29 is 0 Å². The lowest BCUT2D eigenvalue weighted by atomic mass is 9.91. The topological polar surface area (TPSA) is 8.17 Å². The molecular weight excluding hydrogens is 773 g/mol. The molecule has 0 fully saturated rings. The molecule has 0 amide bonds. The van der Waals surface area contributed by atoms with E-state index in [9.17, 15) is 0 Å². The zero-order valence-corrected chi connectivity index (χ0v) is 35.1. The number of hydrogen-bond donors (Lipinski definition) is 0. The molecule has 0 aliphatic heterocycles. The predicted octanol–water partition coefficient (Wildman–Crippen LogP) is 17.2. The van der Waals surface area contributed by atoms with Crippen molar-refractivity contribution in [3.63, 3.8) is 0 Å². The van der Waals surface area contributed by atoms with Crippen molar-refractivity contribution in [1.82, 2.24) is 4.57 Å². The summed E-state index contributed by atoms with van der Waals surface area (Å²) in [5.74, 6) is 0. The molecule has 0 aliphatic rings. The van der Waals surface area contributed by atoms with E-state index in [-0.39, 0.29) is 0 Å². The third kappa shape index (κ3) is 6.44. The first-order valence-corrected chi connectivity index (χ1v) is 22.0. The van der Waals surface area contributed by atoms with Crippen LogP contribution >= 0.6 is 0 Å². The normalized spacial score (nSPS) is 11.4. The van der Waals surface area contributed by atoms with Crippen LogP contribution in [0.15, 0.2) is 255 Å². The van der Waals surface area contributed by atoms with Gasteiger partial charge in [-0.15, -0.1) is 0 Å². The smallest absolute Gasteiger partial charge is 0.0562 e. The molecule has 0 radical (unpaired) electrons. The van der Waals surface area contributed by atoms with Gasteiger partial charge in [-0.1, -0.05) is 200 Å². The Hall–Kier alpha value is -8.46. The minimum atomic E-state index is 1.08. The lowest BCUT2D eigenvalue weighted by molar-refractivity contribution is 1.18. The molecule has 0 unspecified atom stereocenters. The van der Waals surface area contributed by atoms with Gasteiger partial charge >= 0.3 is 0 Å². The van der Waals surface area contributed by atoms with Crippen LogP contribution in [0.2, 0.25) is 0 Å². The van der Waals surface area contributed by atoms with E-state index >= 15 is 0 Å². The van der Waals surface area contributed by atoms with Crippen LogP contribution in [-0.4, -0.2) is 4.57 Å². The highest BCUT2D eigenvalue weighted by Crippen LogP contribution is 2.47. The summed E-state index contributed by atoms with van der Waals surface area (Å²) in [7, 11) is 0. The Labute approximate surface area is 373 Å². The van der Waals surface area contributed by atoms with Gasteiger partial charge in [0.2, 0.25) is 0 Å². The summed E-state index contributed by atoms with van der Waals surface area (Å²) in [5.41, 5.74) is 16.4. The fourth-order valence-corrected chi connectivity index (χ4v) is 9.82. The van der Waals surface area contributed by atoms with Crippen LogP contribution in [0.25, 0.3) is 93.5 Å². The monoisotopic (exact) mass is 814 g/mol. The van der Waals surface area contributed by atoms with Crippen LogP contribution < -0.4 is 4.90 Å². The molecule has 0 bridgehead atoms. The largest absolute Gasteiger partial charge is 0.310 e. The molecule has 12 rings (SSSR count). The molecule has 2 nitrogen and oxygen atoms in total. The second-order valence-electron chi connectivity index (χ2n) is 16.5. The molecule has 300 valence electrons. The Morgan fingerprint density at radius 2 is 0.797 bits per heavy atom. The van der Waals surface area contributed by atoms with Gasteiger partial charge in [-0.2, -0.15) is 0 Å². The zero-order chi connectivity index (χ0) is 42.4. The summed E-state index contributed by atoms with van der Waals surface area (Å²) >= 11 is 0. The Morgan fingerprint density at radius 1 is 0.281 bits per heavy atom. The predicted molar refractivity (Wildman–Crippen MR) is 272 cm³/mol. The molecule has 1 heterocycles. The summed E-state index contributed by atoms with van der Waals surface area (Å²) in [5, 5.41) is 7.40. The highest BCUT2D eigenvalue weighted by Gasteiger charge is 2.23. The molecule has 0 N–H and O–H groups in total. The summed E-state index contributed by atoms with van der Waals surface area (Å²) in [4.78, 5) is 2.46. The highest BCUT2D eigenvalue weighted by atomic mass is 15.1. The molecule has 64 heavy (non-hydrogen) atoms. The van der Waals surface area contributed by atoms with Crippen molar-refractivity contribution in [3.05, 3.63) is 255 Å². The van der Waals surface area contributed by atoms with Gasteiger partial charge in [-0.25, -0.2) is 0 Å². The van der Waals surface area contributed by atoms with Crippen LogP contribution in [0.3, 0.4) is 0 Å². The van der Waals surface area contributed by atoms with Gasteiger partial charge < -0.3 is 9.47 Å². The number of nitrogens with zero attached hydrogens (tertiary/aromatic N) is 2. The number of anilines is 3. The van der Waals surface area contributed by atoms with E-state index in [0.717, 1.165) is 33.8 Å². The minimum absolute atomic E-state index is 1.08. The van der Waals surface area contributed by atoms with Crippen LogP contribution in [0.1, 0.15) is 0 Å². The lowest BCUT2D eigenvalue weighted by Gasteiger charge is -2.27. The standard InChI is InChI=1S/C62H42N2/c1-4-16-43(17-5-1)44-32-34-45(35-33-44)50-23-12-26-53(42-50)63(52-39-36-48(37-40-52)55-29-14-22-49-21-13-28-54(60(49)55)46-18-6-2-7-19-46)57-30-15-31-58-62(57)61-56-27-11-10-20-47(56)38-41-59(61)64(58)51-24-8-3-9-25-51/h1-42H. The second kappa shape index (κ2) is 15.8. The zero-order valence-electron chi connectivity index (χ0n) is 35.1. The van der Waals surface area contributed by atoms with Gasteiger partial charge in [-0.3, -0.25) is 0 Å². The van der Waals surface area contributed by atoms with Crippen LogP contribution in [0.4, 0.5) is 17.1 Å². The van der Waals surface area contributed by atoms with Crippen LogP contribution in [0, 0.1) is 0 Å². The summed E-state index contributed by atoms with van der Waals surface area (Å²) in [6, 6.07) is 92.7. The third-order valence-electron chi connectivity index (χ3n) is 12.8. The SMILES string of the molecule is c1ccc(-c2ccc(-c3cccc(N(c4ccc(-c5cccc6cccc(-c7ccccc7)c56)cc4)c4cccc5c4c4c6ccccc6ccc4n5-c4ccccc4)c3)cc2)cc1. The summed E-state index contributed by atoms with van der Waals surface area (Å²) < 4.78 is 2.43. The van der Waals surface area contributed by atoms with Crippen molar-refractivity contribution in [1.29, 1.82) is 0 Å². The second-order valence-corrected chi connectivity index (χ2v) is 16.5. The number of hydrogen-bond acceptors (Lipinski definition) is 1. The molecule has 2 heteroatoms. The first-order valence-electron chi connectivity index (χ1n) is 22.0. The molecule has 0 spiro atoms. The maximum atomic E-state index is 2.46. The van der Waals surface area contributed by atoms with Gasteiger partial charge in [0.25, 0.3) is 0 Å². The number of benzene rings is 11. The van der Waals surface area contributed by atoms with Crippen molar-refractivity contribution >= 4 is 60.4 Å². The van der Waals surface area contributed by atoms with Crippen molar-refractivity contribution in [2.45, 2.75) is 0 Å². The van der Waals surface area contributed by atoms with Crippen molar-refractivity contribution in [3.8, 4) is 50.2 Å². The molecule has 0 saturated heterocycles. The van der Waals surface area contributed by atoms with E-state index in [2.05, 4.69) is 264 Å². The van der Waals surface area contributed by atoms with Crippen LogP contribution in [-0.2, 0) is 0 Å². The van der Waals surface area contributed by atoms with Crippen LogP contribution in [0.5, 0.6) is 0 Å². The number of aromatic nitrogens is 1. The summed E-state index contributed by atoms with van der Waals surface area (Å²) in [6.45, 7) is 0. The van der Waals surface area contributed by atoms with E-state index in [1.807, 2.05) is 0 Å². The first kappa shape index (κ1) is 37.3. The van der Waals surface area contributed by atoms with E-state index < -0.39 is 0 Å². The van der Waals surface area contributed by atoms with Gasteiger partial charge in [0.05, 0.1) is 16.7 Å². The Morgan fingerprint density at radius 3 is 1.52 bits per heavy atom. The lowest BCUT2D eigenvalue weighted by Crippen LogP contribution is -2.10. The number of rotatable bonds is 8. The average Bonchev–Trinajstić information content (AvgIpc) is 3.73. The molecule has 0 atom stereocenters. The molecular formula is C62H42N2. The number of fused-ring (bicyclic) bond motifs is 6. The van der Waals surface area contributed by atoms with Gasteiger partial charge in [0.1, 0.15) is 0 Å². The molecule has 12 aromatic rings. The Bertz CT molecular complexity index is 3620. The van der Waals surface area contributed by atoms with E-state index in [1.54, 1.807) is 0 Å². The van der Waals surface area contributed by atoms with Gasteiger partial charge in [0, 0.05) is 27.8 Å². The maximum Gasteiger partial charge on any atom is 0.0562 e. The third-order valence-corrected chi connectivity index (χ3v) is 12.8. The van der Waals surface area contributed by atoms with Crippen molar-refractivity contribution in [2.75, 3.05) is 4.90 Å². The van der Waals surface area contributed by atoms with E-state index in [1.165, 1.54) is 76.8 Å². The first-order chi connectivity index (χ1) is 31.8. The van der Waals surface area contributed by atoms with Crippen molar-refractivity contribution in [2.24, 2.45) is 0 Å². The molecule has 1 aromatic heterocycles. The van der Waals surface area contributed by atoms with Gasteiger partial charge in [-0.05, 0) is 121 Å². The van der Waals surface area contributed by atoms with E-state index in [0.29, 0.717) is 0 Å². The van der Waals surface area contributed by atoms with E-state index in [4.69, 9.17) is 0 Å². The molecule has 0 aliphatic carbocycles. The maximum absolute atomic E-state index is 2.46. The molecule has 11 aromatic carbocycles. The highest BCUT2D eigenvalue weighted by molar-refractivity contribution is 6.25. The van der Waals surface area contributed by atoms with Gasteiger partial charge in [0.15, 0.2) is 0 Å². The fourth-order valence-electron chi connectivity index (χ4n) is 9.82. The minimum Gasteiger partial charge on any atom is -0.310 e. The Balaban J connectivity index is 1.08. The molecule has 0 saturated carbocycles. The quantitative estimate of drug-likeness (QED) is 0.148. The average molecular weight is 815 g/mol. The fraction of sp³-hybridized carbons (Fsp3) is 0.